The van der Waals surface area contributed by atoms with E-state index in [1.807, 2.05) is 6.08 Å². The van der Waals surface area contributed by atoms with E-state index in [4.69, 9.17) is 0 Å². The van der Waals surface area contributed by atoms with Crippen molar-refractivity contribution >= 4 is 5.78 Å². The average Bonchev–Trinajstić information content (AvgIpc) is 2.53. The summed E-state index contributed by atoms with van der Waals surface area (Å²) in [6, 6.07) is 1.20. The van der Waals surface area contributed by atoms with Crippen molar-refractivity contribution in [3.05, 3.63) is 12.2 Å². The lowest BCUT2D eigenvalue weighted by atomic mass is 9.74. The Balaban J connectivity index is 1.90. The summed E-state index contributed by atoms with van der Waals surface area (Å²) in [7, 11) is 0. The molecule has 2 aliphatic heterocycles. The van der Waals surface area contributed by atoms with Crippen molar-refractivity contribution in [1.82, 2.24) is 5.32 Å². The number of carbonyl (C=O) groups is 1. The Hall–Kier alpha value is -0.630. The lowest BCUT2D eigenvalue weighted by Crippen LogP contribution is -2.40. The molecule has 2 saturated heterocycles. The highest BCUT2D eigenvalue weighted by Crippen LogP contribution is 2.38. The van der Waals surface area contributed by atoms with Gasteiger partial charge in [-0.15, -0.1) is 0 Å². The maximum Gasteiger partial charge on any atom is 0.160 e. The largest absolute Gasteiger partial charge is 0.310 e. The van der Waals surface area contributed by atoms with Crippen molar-refractivity contribution in [2.45, 2.75) is 44.2 Å². The van der Waals surface area contributed by atoms with Crippen LogP contribution in [0.25, 0.3) is 0 Å². The summed E-state index contributed by atoms with van der Waals surface area (Å²) in [5.41, 5.74) is 0. The minimum absolute atomic E-state index is 0.299. The molecule has 2 nitrogen and oxygen atoms in total. The molecule has 1 N–H and O–H groups in total. The minimum Gasteiger partial charge on any atom is -0.310 e. The molecule has 1 aliphatic carbocycles. The van der Waals surface area contributed by atoms with Gasteiger partial charge in [0, 0.05) is 18.0 Å². The molecular formula is C12H17NO. The summed E-state index contributed by atoms with van der Waals surface area (Å²) in [4.78, 5) is 11.8. The van der Waals surface area contributed by atoms with E-state index >= 15 is 0 Å². The summed E-state index contributed by atoms with van der Waals surface area (Å²) in [6.07, 6.45) is 10.0. The van der Waals surface area contributed by atoms with Gasteiger partial charge in [0.15, 0.2) is 5.78 Å². The van der Waals surface area contributed by atoms with Gasteiger partial charge in [-0.05, 0) is 44.1 Å². The first kappa shape index (κ1) is 8.66. The number of fused-ring (bicyclic) bond motifs is 4. The smallest absolute Gasteiger partial charge is 0.160 e. The molecule has 3 aliphatic rings. The lowest BCUT2D eigenvalue weighted by molar-refractivity contribution is -0.121. The third kappa shape index (κ3) is 1.24. The van der Waals surface area contributed by atoms with Gasteiger partial charge in [0.25, 0.3) is 0 Å². The fourth-order valence-corrected chi connectivity index (χ4v) is 3.45. The van der Waals surface area contributed by atoms with Crippen molar-refractivity contribution in [2.75, 3.05) is 0 Å². The van der Waals surface area contributed by atoms with Gasteiger partial charge in [0.1, 0.15) is 0 Å². The molecule has 14 heavy (non-hydrogen) atoms. The summed E-state index contributed by atoms with van der Waals surface area (Å²) < 4.78 is 0. The Morgan fingerprint density at radius 1 is 1.21 bits per heavy atom. The maximum absolute atomic E-state index is 11.8. The second-order valence-electron chi connectivity index (χ2n) is 4.95. The predicted octanol–water partition coefficient (Wildman–Crippen LogP) is 1.66. The second-order valence-corrected chi connectivity index (χ2v) is 4.95. The minimum atomic E-state index is 0.299. The molecule has 2 fully saturated rings. The molecule has 4 atom stereocenters. The van der Waals surface area contributed by atoms with E-state index in [-0.39, 0.29) is 0 Å². The summed E-state index contributed by atoms with van der Waals surface area (Å²) in [6.45, 7) is 0. The number of rotatable bonds is 0. The quantitative estimate of drug-likeness (QED) is 0.631. The van der Waals surface area contributed by atoms with Crippen LogP contribution in [-0.4, -0.2) is 17.9 Å². The Kier molecular flexibility index (Phi) is 1.98. The summed E-state index contributed by atoms with van der Waals surface area (Å²) in [5, 5.41) is 3.63. The van der Waals surface area contributed by atoms with E-state index < -0.39 is 0 Å². The first-order valence-corrected chi connectivity index (χ1v) is 5.81. The molecular weight excluding hydrogens is 174 g/mol. The molecule has 0 saturated carbocycles. The molecule has 0 aromatic rings. The fourth-order valence-electron chi connectivity index (χ4n) is 3.45. The number of hydrogen-bond donors (Lipinski definition) is 1. The molecule has 0 amide bonds. The third-order valence-corrected chi connectivity index (χ3v) is 4.15. The molecule has 3 rings (SSSR count). The van der Waals surface area contributed by atoms with Crippen LogP contribution in [0.1, 0.15) is 32.1 Å². The molecule has 0 radical (unpaired) electrons. The van der Waals surface area contributed by atoms with Crippen LogP contribution in [0.5, 0.6) is 0 Å². The van der Waals surface area contributed by atoms with Crippen LogP contribution in [0.4, 0.5) is 0 Å². The van der Waals surface area contributed by atoms with E-state index in [1.165, 1.54) is 25.7 Å². The Bertz CT molecular complexity index is 284. The fraction of sp³-hybridized carbons (Fsp3) is 0.750. The van der Waals surface area contributed by atoms with Crippen LogP contribution in [-0.2, 0) is 4.79 Å². The van der Waals surface area contributed by atoms with Crippen molar-refractivity contribution < 1.29 is 4.79 Å². The molecule has 2 heteroatoms. The van der Waals surface area contributed by atoms with Gasteiger partial charge in [-0.25, -0.2) is 0 Å². The van der Waals surface area contributed by atoms with Gasteiger partial charge in [-0.3, -0.25) is 4.79 Å². The summed E-state index contributed by atoms with van der Waals surface area (Å²) in [5.74, 6) is 1.31. The van der Waals surface area contributed by atoms with Gasteiger partial charge in [0.05, 0.1) is 0 Å². The topological polar surface area (TPSA) is 29.1 Å². The van der Waals surface area contributed by atoms with E-state index in [0.29, 0.717) is 29.7 Å². The maximum atomic E-state index is 11.8. The highest BCUT2D eigenvalue weighted by Gasteiger charge is 2.41. The van der Waals surface area contributed by atoms with Gasteiger partial charge in [-0.2, -0.15) is 0 Å². The van der Waals surface area contributed by atoms with E-state index in [0.717, 1.165) is 6.42 Å². The summed E-state index contributed by atoms with van der Waals surface area (Å²) >= 11 is 0. The molecule has 0 aromatic carbocycles. The van der Waals surface area contributed by atoms with Gasteiger partial charge in [0.2, 0.25) is 0 Å². The van der Waals surface area contributed by atoms with Crippen LogP contribution in [0, 0.1) is 11.8 Å². The van der Waals surface area contributed by atoms with Crippen molar-refractivity contribution in [3.8, 4) is 0 Å². The molecule has 0 spiro atoms. The first-order chi connectivity index (χ1) is 6.84. The van der Waals surface area contributed by atoms with Crippen LogP contribution in [0.15, 0.2) is 12.2 Å². The molecule has 2 bridgehead atoms. The lowest BCUT2D eigenvalue weighted by Gasteiger charge is -2.30. The third-order valence-electron chi connectivity index (χ3n) is 4.15. The zero-order valence-corrected chi connectivity index (χ0v) is 8.41. The number of hydrogen-bond acceptors (Lipinski definition) is 2. The second kappa shape index (κ2) is 3.20. The first-order valence-electron chi connectivity index (χ1n) is 5.81. The highest BCUT2D eigenvalue weighted by atomic mass is 16.1. The predicted molar refractivity (Wildman–Crippen MR) is 54.9 cm³/mol. The number of carbonyl (C=O) groups excluding carboxylic acids is 1. The van der Waals surface area contributed by atoms with Gasteiger partial charge >= 0.3 is 0 Å². The SMILES string of the molecule is O=C1C=CC[C@@H]2CC[C@@H]3CC[C@@H](N3)[C@@H]12. The van der Waals surface area contributed by atoms with Crippen LogP contribution in [0.3, 0.4) is 0 Å². The molecule has 2 heterocycles. The van der Waals surface area contributed by atoms with Crippen LogP contribution >= 0.6 is 0 Å². The van der Waals surface area contributed by atoms with Crippen molar-refractivity contribution in [1.29, 1.82) is 0 Å². The normalized spacial score (nSPS) is 46.1. The van der Waals surface area contributed by atoms with Gasteiger partial charge < -0.3 is 5.32 Å². The monoisotopic (exact) mass is 191 g/mol. The zero-order valence-electron chi connectivity index (χ0n) is 8.41. The standard InChI is InChI=1S/C12H17NO/c14-11-3-1-2-8-4-5-9-6-7-10(13-9)12(8)11/h1,3,8-10,12-13H,2,4-7H2/t8-,9-,10-,12+/m1/s1. The number of allylic oxidation sites excluding steroid dienone is 2. The van der Waals surface area contributed by atoms with Crippen LogP contribution in [0.2, 0.25) is 0 Å². The van der Waals surface area contributed by atoms with Crippen LogP contribution < -0.4 is 5.32 Å². The van der Waals surface area contributed by atoms with E-state index in [1.54, 1.807) is 0 Å². The molecule has 0 unspecified atom stereocenters. The molecule has 76 valence electrons. The van der Waals surface area contributed by atoms with E-state index in [2.05, 4.69) is 11.4 Å². The van der Waals surface area contributed by atoms with Gasteiger partial charge in [-0.1, -0.05) is 6.08 Å². The Morgan fingerprint density at radius 3 is 3.00 bits per heavy atom. The average molecular weight is 191 g/mol. The number of ketones is 1. The molecule has 0 aromatic heterocycles. The zero-order chi connectivity index (χ0) is 9.54. The van der Waals surface area contributed by atoms with E-state index in [9.17, 15) is 4.79 Å². The Labute approximate surface area is 84.8 Å². The number of nitrogens with one attached hydrogen (secondary N) is 1. The highest BCUT2D eigenvalue weighted by molar-refractivity contribution is 5.93. The van der Waals surface area contributed by atoms with Crippen molar-refractivity contribution in [2.24, 2.45) is 11.8 Å². The Morgan fingerprint density at radius 2 is 2.07 bits per heavy atom. The van der Waals surface area contributed by atoms with Crippen molar-refractivity contribution in [3.63, 3.8) is 0 Å².